The van der Waals surface area contributed by atoms with E-state index in [1.165, 1.54) is 0 Å². The van der Waals surface area contributed by atoms with E-state index in [1.54, 1.807) is 18.2 Å². The van der Waals surface area contributed by atoms with E-state index in [4.69, 9.17) is 34.8 Å². The molecule has 0 bridgehead atoms. The fourth-order valence-electron chi connectivity index (χ4n) is 1.10. The maximum Gasteiger partial charge on any atom is 0.321 e. The molecule has 3 N–H and O–H groups in total. The third kappa shape index (κ3) is 5.00. The summed E-state index contributed by atoms with van der Waals surface area (Å²) >= 11 is 16.2. The first-order valence-electron chi connectivity index (χ1n) is 4.68. The van der Waals surface area contributed by atoms with Crippen molar-refractivity contribution >= 4 is 46.5 Å². The van der Waals surface area contributed by atoms with Crippen LogP contribution in [0.2, 0.25) is 0 Å². The van der Waals surface area contributed by atoms with Crippen LogP contribution in [0.4, 0.5) is 10.5 Å². The SMILES string of the molecule is Cc1cccc(NC(=O)N[C@@H](O)C(Cl)(Cl)Cl)c1. The quantitative estimate of drug-likeness (QED) is 0.580. The molecule has 2 amide bonds. The van der Waals surface area contributed by atoms with Crippen LogP contribution in [-0.2, 0) is 0 Å². The highest BCUT2D eigenvalue weighted by atomic mass is 35.6. The topological polar surface area (TPSA) is 61.4 Å². The highest BCUT2D eigenvalue weighted by molar-refractivity contribution is 6.68. The zero-order chi connectivity index (χ0) is 13.1. The van der Waals surface area contributed by atoms with Gasteiger partial charge in [-0.2, -0.15) is 0 Å². The highest BCUT2D eigenvalue weighted by Crippen LogP contribution is 2.28. The molecule has 0 fully saturated rings. The van der Waals surface area contributed by atoms with E-state index in [9.17, 15) is 9.90 Å². The molecule has 0 aliphatic carbocycles. The Labute approximate surface area is 114 Å². The molecule has 17 heavy (non-hydrogen) atoms. The summed E-state index contributed by atoms with van der Waals surface area (Å²) in [6.45, 7) is 1.89. The van der Waals surface area contributed by atoms with Crippen LogP contribution in [0.5, 0.6) is 0 Å². The van der Waals surface area contributed by atoms with Crippen molar-refractivity contribution in [3.8, 4) is 0 Å². The number of nitrogens with one attached hydrogen (secondary N) is 2. The van der Waals surface area contributed by atoms with Gasteiger partial charge in [-0.1, -0.05) is 46.9 Å². The highest BCUT2D eigenvalue weighted by Gasteiger charge is 2.32. The molecule has 1 aromatic rings. The first-order valence-corrected chi connectivity index (χ1v) is 5.81. The molecule has 1 atom stereocenters. The Morgan fingerprint density at radius 3 is 2.59 bits per heavy atom. The number of alkyl halides is 3. The smallest absolute Gasteiger partial charge is 0.321 e. The van der Waals surface area contributed by atoms with E-state index in [0.717, 1.165) is 5.56 Å². The number of benzene rings is 1. The summed E-state index contributed by atoms with van der Waals surface area (Å²) in [7, 11) is 0. The molecule has 4 nitrogen and oxygen atoms in total. The molecule has 0 saturated heterocycles. The number of carbonyl (C=O) groups excluding carboxylic acids is 1. The van der Waals surface area contributed by atoms with Crippen LogP contribution in [0, 0.1) is 6.92 Å². The van der Waals surface area contributed by atoms with Crippen molar-refractivity contribution in [1.29, 1.82) is 0 Å². The number of anilines is 1. The molecule has 0 radical (unpaired) electrons. The third-order valence-corrected chi connectivity index (χ3v) is 2.47. The van der Waals surface area contributed by atoms with Crippen LogP contribution in [0.25, 0.3) is 0 Å². The summed E-state index contributed by atoms with van der Waals surface area (Å²) in [6, 6.07) is 6.49. The Morgan fingerprint density at radius 2 is 2.06 bits per heavy atom. The zero-order valence-corrected chi connectivity index (χ0v) is 11.1. The van der Waals surface area contributed by atoms with Gasteiger partial charge in [0.05, 0.1) is 0 Å². The molecule has 7 heteroatoms. The fourth-order valence-corrected chi connectivity index (χ4v) is 1.26. The Hall–Kier alpha value is -0.680. The second-order valence-corrected chi connectivity index (χ2v) is 5.78. The van der Waals surface area contributed by atoms with Crippen molar-refractivity contribution in [3.63, 3.8) is 0 Å². The Bertz CT molecular complexity index is 407. The molecule has 0 aliphatic rings. The van der Waals surface area contributed by atoms with Crippen LogP contribution in [0.3, 0.4) is 0 Å². The normalized spacial score (nSPS) is 13.0. The molecule has 0 aromatic heterocycles. The lowest BCUT2D eigenvalue weighted by atomic mass is 10.2. The summed E-state index contributed by atoms with van der Waals surface area (Å²) in [6.07, 6.45) is -1.59. The summed E-state index contributed by atoms with van der Waals surface area (Å²) in [5.74, 6) is 0. The van der Waals surface area contributed by atoms with Crippen molar-refractivity contribution in [3.05, 3.63) is 29.8 Å². The molecule has 0 unspecified atom stereocenters. The largest absolute Gasteiger partial charge is 0.369 e. The predicted molar refractivity (Wildman–Crippen MR) is 69.6 cm³/mol. The van der Waals surface area contributed by atoms with Gasteiger partial charge in [-0.05, 0) is 24.6 Å². The minimum Gasteiger partial charge on any atom is -0.369 e. The summed E-state index contributed by atoms with van der Waals surface area (Å²) < 4.78 is -1.97. The number of hydrogen-bond donors (Lipinski definition) is 3. The van der Waals surface area contributed by atoms with Gasteiger partial charge >= 0.3 is 6.03 Å². The number of carbonyl (C=O) groups is 1. The number of aliphatic hydroxyl groups is 1. The number of aryl methyl sites for hydroxylation is 1. The second-order valence-electron chi connectivity index (χ2n) is 3.41. The number of amides is 2. The summed E-state index contributed by atoms with van der Waals surface area (Å²) in [4.78, 5) is 11.4. The molecule has 94 valence electrons. The minimum absolute atomic E-state index is 0.582. The molecule has 0 heterocycles. The maximum atomic E-state index is 11.4. The number of urea groups is 1. The van der Waals surface area contributed by atoms with E-state index >= 15 is 0 Å². The average molecular weight is 298 g/mol. The van der Waals surface area contributed by atoms with Gasteiger partial charge in [0, 0.05) is 5.69 Å². The van der Waals surface area contributed by atoms with E-state index < -0.39 is 16.1 Å². The lowest BCUT2D eigenvalue weighted by molar-refractivity contribution is 0.148. The van der Waals surface area contributed by atoms with Gasteiger partial charge in [0.15, 0.2) is 6.23 Å². The summed E-state index contributed by atoms with van der Waals surface area (Å²) in [5.41, 5.74) is 1.57. The summed E-state index contributed by atoms with van der Waals surface area (Å²) in [5, 5.41) is 13.9. The van der Waals surface area contributed by atoms with Gasteiger partial charge in [0.2, 0.25) is 3.79 Å². The number of halogens is 3. The van der Waals surface area contributed by atoms with Crippen LogP contribution < -0.4 is 10.6 Å². The number of rotatable bonds is 2. The minimum atomic E-state index is -1.97. The van der Waals surface area contributed by atoms with Gasteiger partial charge in [0.1, 0.15) is 0 Å². The van der Waals surface area contributed by atoms with E-state index in [0.29, 0.717) is 5.69 Å². The van der Waals surface area contributed by atoms with Gasteiger partial charge < -0.3 is 15.7 Å². The molecule has 1 rings (SSSR count). The zero-order valence-electron chi connectivity index (χ0n) is 8.88. The maximum absolute atomic E-state index is 11.4. The van der Waals surface area contributed by atoms with Crippen molar-refractivity contribution < 1.29 is 9.90 Å². The Morgan fingerprint density at radius 1 is 1.41 bits per heavy atom. The third-order valence-electron chi connectivity index (χ3n) is 1.85. The predicted octanol–water partition coefficient (Wildman–Crippen LogP) is 2.81. The molecular weight excluding hydrogens is 286 g/mol. The van der Waals surface area contributed by atoms with E-state index in [1.807, 2.05) is 13.0 Å². The Balaban J connectivity index is 2.56. The van der Waals surface area contributed by atoms with Crippen molar-refractivity contribution in [1.82, 2.24) is 5.32 Å². The van der Waals surface area contributed by atoms with Crippen molar-refractivity contribution in [2.75, 3.05) is 5.32 Å². The van der Waals surface area contributed by atoms with Crippen LogP contribution in [0.1, 0.15) is 5.56 Å². The first-order chi connectivity index (χ1) is 7.79. The lowest BCUT2D eigenvalue weighted by Gasteiger charge is -2.20. The average Bonchev–Trinajstić information content (AvgIpc) is 2.15. The van der Waals surface area contributed by atoms with E-state index in [-0.39, 0.29) is 0 Å². The molecular formula is C10H11Cl3N2O2. The molecule has 0 saturated carbocycles. The van der Waals surface area contributed by atoms with Crippen molar-refractivity contribution in [2.24, 2.45) is 0 Å². The van der Waals surface area contributed by atoms with Gasteiger partial charge in [0.25, 0.3) is 0 Å². The van der Waals surface area contributed by atoms with Crippen LogP contribution in [-0.4, -0.2) is 21.2 Å². The molecule has 0 spiro atoms. The lowest BCUT2D eigenvalue weighted by Crippen LogP contribution is -2.45. The Kier molecular flexibility index (Phi) is 4.89. The second kappa shape index (κ2) is 5.78. The van der Waals surface area contributed by atoms with Crippen LogP contribution >= 0.6 is 34.8 Å². The number of aliphatic hydroxyl groups excluding tert-OH is 1. The monoisotopic (exact) mass is 296 g/mol. The molecule has 1 aromatic carbocycles. The van der Waals surface area contributed by atoms with Crippen molar-refractivity contribution in [2.45, 2.75) is 16.9 Å². The standard InChI is InChI=1S/C10H11Cl3N2O2/c1-6-3-2-4-7(5-6)14-9(17)15-8(16)10(11,12)13/h2-5,8,16H,1H3,(H2,14,15,17)/t8-/m0/s1. The van der Waals surface area contributed by atoms with Gasteiger partial charge in [-0.3, -0.25) is 0 Å². The van der Waals surface area contributed by atoms with Crippen LogP contribution in [0.15, 0.2) is 24.3 Å². The first kappa shape index (κ1) is 14.4. The number of hydrogen-bond acceptors (Lipinski definition) is 2. The van der Waals surface area contributed by atoms with E-state index in [2.05, 4.69) is 10.6 Å². The van der Waals surface area contributed by atoms with Gasteiger partial charge in [-0.15, -0.1) is 0 Å². The molecule has 0 aliphatic heterocycles. The van der Waals surface area contributed by atoms with Gasteiger partial charge in [-0.25, -0.2) is 4.79 Å². The fraction of sp³-hybridized carbons (Fsp3) is 0.300.